The number of hydrogen-bond donors (Lipinski definition) is 2. The predicted molar refractivity (Wildman–Crippen MR) is 77.1 cm³/mol. The lowest BCUT2D eigenvalue weighted by Gasteiger charge is -2.09. The van der Waals surface area contributed by atoms with Gasteiger partial charge in [0.25, 0.3) is 10.0 Å². The van der Waals surface area contributed by atoms with Crippen molar-refractivity contribution in [2.75, 3.05) is 4.72 Å². The van der Waals surface area contributed by atoms with E-state index in [2.05, 4.69) is 15.9 Å². The first kappa shape index (κ1) is 15.4. The average molecular weight is 383 g/mol. The van der Waals surface area contributed by atoms with E-state index in [1.54, 1.807) is 0 Å². The Balaban J connectivity index is 2.38. The van der Waals surface area contributed by atoms with Crippen LogP contribution in [0.25, 0.3) is 0 Å². The molecule has 0 aliphatic heterocycles. The van der Waals surface area contributed by atoms with Gasteiger partial charge in [0.15, 0.2) is 11.6 Å². The van der Waals surface area contributed by atoms with Crippen molar-refractivity contribution in [2.45, 2.75) is 11.4 Å². The highest BCUT2D eigenvalue weighted by Gasteiger charge is 2.21. The van der Waals surface area contributed by atoms with Crippen LogP contribution in [0.4, 0.5) is 14.5 Å². The van der Waals surface area contributed by atoms with Crippen LogP contribution in [0.5, 0.6) is 0 Å². The van der Waals surface area contributed by atoms with Crippen LogP contribution in [-0.4, -0.2) is 8.42 Å². The second-order valence-electron chi connectivity index (χ2n) is 3.80. The van der Waals surface area contributed by atoms with Gasteiger partial charge in [0.1, 0.15) is 5.69 Å². The van der Waals surface area contributed by atoms with Crippen molar-refractivity contribution in [3.8, 4) is 0 Å². The lowest BCUT2D eigenvalue weighted by molar-refractivity contribution is 0.582. The first-order valence-electron chi connectivity index (χ1n) is 5.28. The Bertz CT molecular complexity index is 724. The molecule has 0 amide bonds. The third-order valence-electron chi connectivity index (χ3n) is 2.38. The Morgan fingerprint density at radius 1 is 1.25 bits per heavy atom. The molecule has 0 radical (unpaired) electrons. The van der Waals surface area contributed by atoms with Crippen molar-refractivity contribution in [1.82, 2.24) is 0 Å². The lowest BCUT2D eigenvalue weighted by atomic mass is 10.3. The topological polar surface area (TPSA) is 72.2 Å². The van der Waals surface area contributed by atoms with Gasteiger partial charge in [-0.2, -0.15) is 0 Å². The van der Waals surface area contributed by atoms with Gasteiger partial charge in [-0.15, -0.1) is 11.3 Å². The summed E-state index contributed by atoms with van der Waals surface area (Å²) in [5.41, 5.74) is 4.68. The van der Waals surface area contributed by atoms with Gasteiger partial charge in [-0.1, -0.05) is 15.9 Å². The molecule has 9 heteroatoms. The summed E-state index contributed by atoms with van der Waals surface area (Å²) in [7, 11) is -4.05. The fraction of sp³-hybridized carbons (Fsp3) is 0.0909. The molecule has 2 rings (SSSR count). The number of benzene rings is 1. The second-order valence-corrected chi connectivity index (χ2v) is 7.40. The van der Waals surface area contributed by atoms with Gasteiger partial charge in [-0.25, -0.2) is 17.2 Å². The largest absolute Gasteiger partial charge is 0.326 e. The minimum Gasteiger partial charge on any atom is -0.326 e. The molecule has 3 N–H and O–H groups in total. The molecule has 0 saturated carbocycles. The summed E-state index contributed by atoms with van der Waals surface area (Å²) >= 11 is 4.07. The van der Waals surface area contributed by atoms with Gasteiger partial charge in [-0.3, -0.25) is 4.72 Å². The van der Waals surface area contributed by atoms with Crippen LogP contribution in [0.2, 0.25) is 0 Å². The maximum absolute atomic E-state index is 13.6. The fourth-order valence-corrected chi connectivity index (χ4v) is 4.07. The van der Waals surface area contributed by atoms with Crippen molar-refractivity contribution >= 4 is 43.0 Å². The van der Waals surface area contributed by atoms with Crippen molar-refractivity contribution in [3.63, 3.8) is 0 Å². The van der Waals surface area contributed by atoms with E-state index in [0.29, 0.717) is 4.88 Å². The normalized spacial score (nSPS) is 11.6. The standard InChI is InChI=1S/C11H9BrF2N2O2S2/c12-6-1-9(13)11(10(14)2-6)16-20(17,18)8-3-7(4-15)19-5-8/h1-3,5,16H,4,15H2. The Labute approximate surface area is 126 Å². The number of sulfonamides is 1. The molecular weight excluding hydrogens is 374 g/mol. The molecule has 0 fully saturated rings. The highest BCUT2D eigenvalue weighted by molar-refractivity contribution is 9.10. The fourth-order valence-electron chi connectivity index (χ4n) is 1.44. The van der Waals surface area contributed by atoms with E-state index in [9.17, 15) is 17.2 Å². The molecule has 0 bridgehead atoms. The summed E-state index contributed by atoms with van der Waals surface area (Å²) in [5, 5.41) is 1.36. The van der Waals surface area contributed by atoms with Gasteiger partial charge < -0.3 is 5.73 Å². The minimum atomic E-state index is -4.05. The maximum atomic E-state index is 13.6. The number of nitrogens with one attached hydrogen (secondary N) is 1. The monoisotopic (exact) mass is 382 g/mol. The lowest BCUT2D eigenvalue weighted by Crippen LogP contribution is -2.14. The molecule has 1 aromatic carbocycles. The van der Waals surface area contributed by atoms with Gasteiger partial charge in [0, 0.05) is 21.3 Å². The molecule has 0 aliphatic carbocycles. The maximum Gasteiger partial charge on any atom is 0.262 e. The molecule has 0 atom stereocenters. The molecule has 0 spiro atoms. The molecule has 0 aliphatic rings. The number of rotatable bonds is 4. The van der Waals surface area contributed by atoms with Crippen molar-refractivity contribution in [3.05, 3.63) is 44.6 Å². The van der Waals surface area contributed by atoms with Crippen LogP contribution < -0.4 is 10.5 Å². The molecule has 0 saturated heterocycles. The summed E-state index contributed by atoms with van der Waals surface area (Å²) in [6.45, 7) is 0.196. The number of anilines is 1. The minimum absolute atomic E-state index is 0.0790. The van der Waals surface area contributed by atoms with Crippen molar-refractivity contribution in [2.24, 2.45) is 5.73 Å². The molecule has 1 aromatic heterocycles. The van der Waals surface area contributed by atoms with Crippen LogP contribution in [0, 0.1) is 11.6 Å². The first-order valence-corrected chi connectivity index (χ1v) is 8.44. The highest BCUT2D eigenvalue weighted by atomic mass is 79.9. The molecule has 108 valence electrons. The van der Waals surface area contributed by atoms with E-state index in [1.165, 1.54) is 11.4 Å². The van der Waals surface area contributed by atoms with Gasteiger partial charge >= 0.3 is 0 Å². The zero-order valence-electron chi connectivity index (χ0n) is 9.86. The van der Waals surface area contributed by atoms with Crippen LogP contribution in [0.1, 0.15) is 4.88 Å². The molecule has 2 aromatic rings. The second kappa shape index (κ2) is 5.76. The smallest absolute Gasteiger partial charge is 0.262 e. The Morgan fingerprint density at radius 2 is 1.85 bits per heavy atom. The van der Waals surface area contributed by atoms with E-state index in [1.807, 2.05) is 4.72 Å². The average Bonchev–Trinajstić information content (AvgIpc) is 2.83. The molecule has 1 heterocycles. The molecular formula is C11H9BrF2N2O2S2. The Hall–Kier alpha value is -1.03. The summed E-state index contributed by atoms with van der Waals surface area (Å²) in [4.78, 5) is 0.576. The van der Waals surface area contributed by atoms with Crippen molar-refractivity contribution in [1.29, 1.82) is 0 Å². The van der Waals surface area contributed by atoms with E-state index in [-0.39, 0.29) is 15.9 Å². The number of hydrogen-bond acceptors (Lipinski definition) is 4. The molecule has 20 heavy (non-hydrogen) atoms. The third-order valence-corrected chi connectivity index (χ3v) is 5.28. The highest BCUT2D eigenvalue weighted by Crippen LogP contribution is 2.27. The zero-order chi connectivity index (χ0) is 14.9. The van der Waals surface area contributed by atoms with E-state index in [0.717, 1.165) is 23.5 Å². The van der Waals surface area contributed by atoms with E-state index in [4.69, 9.17) is 5.73 Å². The Kier molecular flexibility index (Phi) is 4.43. The predicted octanol–water partition coefficient (Wildman–Crippen LogP) is 3.05. The number of nitrogens with two attached hydrogens (primary N) is 1. The third kappa shape index (κ3) is 3.17. The SMILES string of the molecule is NCc1cc(S(=O)(=O)Nc2c(F)cc(Br)cc2F)cs1. The van der Waals surface area contributed by atoms with E-state index < -0.39 is 27.3 Å². The van der Waals surface area contributed by atoms with Gasteiger partial charge in [0.05, 0.1) is 4.90 Å². The van der Waals surface area contributed by atoms with Gasteiger partial charge in [0.2, 0.25) is 0 Å². The number of halogens is 3. The first-order chi connectivity index (χ1) is 9.33. The zero-order valence-corrected chi connectivity index (χ0v) is 13.1. The molecule has 0 unspecified atom stereocenters. The van der Waals surface area contributed by atoms with Gasteiger partial charge in [-0.05, 0) is 18.2 Å². The van der Waals surface area contributed by atoms with Crippen LogP contribution in [0.3, 0.4) is 0 Å². The van der Waals surface area contributed by atoms with Crippen LogP contribution >= 0.6 is 27.3 Å². The number of thiophene rings is 1. The summed E-state index contributed by atoms with van der Waals surface area (Å²) < 4.78 is 53.4. The summed E-state index contributed by atoms with van der Waals surface area (Å²) in [6.07, 6.45) is 0. The van der Waals surface area contributed by atoms with Crippen LogP contribution in [0.15, 0.2) is 32.9 Å². The molecule has 4 nitrogen and oxygen atoms in total. The summed E-state index contributed by atoms with van der Waals surface area (Å²) in [6, 6.07) is 3.31. The summed E-state index contributed by atoms with van der Waals surface area (Å²) in [5.74, 6) is -2.01. The Morgan fingerprint density at radius 3 is 2.35 bits per heavy atom. The van der Waals surface area contributed by atoms with Crippen LogP contribution in [-0.2, 0) is 16.6 Å². The van der Waals surface area contributed by atoms with E-state index >= 15 is 0 Å². The van der Waals surface area contributed by atoms with Crippen molar-refractivity contribution < 1.29 is 17.2 Å². The quantitative estimate of drug-likeness (QED) is 0.853.